The number of esters is 1. The first kappa shape index (κ1) is 24.0. The topological polar surface area (TPSA) is 112 Å². The number of sulfonamides is 1. The average molecular weight is 462 g/mol. The molecule has 0 bridgehead atoms. The fourth-order valence-corrected chi connectivity index (χ4v) is 4.49. The molecule has 0 aliphatic carbocycles. The molecule has 1 fully saturated rings. The van der Waals surface area contributed by atoms with E-state index in [0.29, 0.717) is 31.1 Å². The molecule has 1 atom stereocenters. The Morgan fingerprint density at radius 2 is 1.75 bits per heavy atom. The monoisotopic (exact) mass is 461 g/mol. The molecule has 1 saturated heterocycles. The SMILES string of the molecule is Cc1cc(C(=O)OC(C)C(=O)N2CCC(C)CC2)c(C)n1Cc1ccc(S(N)(=O)=O)cc1. The molecule has 0 radical (unpaired) electrons. The molecule has 1 aromatic carbocycles. The van der Waals surface area contributed by atoms with Gasteiger partial charge in [-0.25, -0.2) is 18.4 Å². The number of amides is 1. The number of likely N-dealkylation sites (tertiary alicyclic amines) is 1. The fourth-order valence-electron chi connectivity index (χ4n) is 3.98. The number of aromatic nitrogens is 1. The smallest absolute Gasteiger partial charge is 0.340 e. The van der Waals surface area contributed by atoms with Gasteiger partial charge in [0.05, 0.1) is 10.5 Å². The normalized spacial score (nSPS) is 16.1. The van der Waals surface area contributed by atoms with Gasteiger partial charge in [0.25, 0.3) is 5.91 Å². The molecule has 0 saturated carbocycles. The van der Waals surface area contributed by atoms with Crippen LogP contribution >= 0.6 is 0 Å². The van der Waals surface area contributed by atoms with Gasteiger partial charge in [-0.3, -0.25) is 4.79 Å². The van der Waals surface area contributed by atoms with Crippen molar-refractivity contribution in [3.63, 3.8) is 0 Å². The molecule has 32 heavy (non-hydrogen) atoms. The van der Waals surface area contributed by atoms with Gasteiger partial charge >= 0.3 is 5.97 Å². The van der Waals surface area contributed by atoms with Gasteiger partial charge in [0.1, 0.15) is 0 Å². The van der Waals surface area contributed by atoms with Crippen LogP contribution in [-0.2, 0) is 26.1 Å². The number of carbonyl (C=O) groups is 2. The lowest BCUT2D eigenvalue weighted by Gasteiger charge is -2.31. The van der Waals surface area contributed by atoms with Crippen molar-refractivity contribution < 1.29 is 22.7 Å². The Kier molecular flexibility index (Phi) is 7.09. The number of hydrogen-bond acceptors (Lipinski definition) is 5. The van der Waals surface area contributed by atoms with Crippen LogP contribution in [0.5, 0.6) is 0 Å². The molecule has 3 rings (SSSR count). The number of hydrogen-bond donors (Lipinski definition) is 1. The zero-order valence-corrected chi connectivity index (χ0v) is 19.8. The second-order valence-electron chi connectivity index (χ2n) is 8.62. The molecule has 2 aromatic rings. The van der Waals surface area contributed by atoms with Gasteiger partial charge in [-0.1, -0.05) is 19.1 Å². The summed E-state index contributed by atoms with van der Waals surface area (Å²) in [6, 6.07) is 8.05. The lowest BCUT2D eigenvalue weighted by atomic mass is 9.99. The summed E-state index contributed by atoms with van der Waals surface area (Å²) in [5.41, 5.74) is 2.85. The van der Waals surface area contributed by atoms with E-state index in [0.717, 1.165) is 29.8 Å². The Labute approximate surface area is 189 Å². The lowest BCUT2D eigenvalue weighted by Crippen LogP contribution is -2.44. The highest BCUT2D eigenvalue weighted by Gasteiger charge is 2.28. The van der Waals surface area contributed by atoms with Crippen molar-refractivity contribution in [3.05, 3.63) is 52.8 Å². The highest BCUT2D eigenvalue weighted by atomic mass is 32.2. The molecular weight excluding hydrogens is 430 g/mol. The number of rotatable bonds is 6. The van der Waals surface area contributed by atoms with Crippen molar-refractivity contribution in [1.82, 2.24) is 9.47 Å². The highest BCUT2D eigenvalue weighted by Crippen LogP contribution is 2.21. The van der Waals surface area contributed by atoms with Crippen LogP contribution in [0.15, 0.2) is 35.2 Å². The predicted molar refractivity (Wildman–Crippen MR) is 121 cm³/mol. The lowest BCUT2D eigenvalue weighted by molar-refractivity contribution is -0.141. The van der Waals surface area contributed by atoms with E-state index in [4.69, 9.17) is 9.88 Å². The van der Waals surface area contributed by atoms with E-state index >= 15 is 0 Å². The summed E-state index contributed by atoms with van der Waals surface area (Å²) in [4.78, 5) is 27.3. The third-order valence-electron chi connectivity index (χ3n) is 6.11. The molecular formula is C23H31N3O5S. The molecule has 0 spiro atoms. The summed E-state index contributed by atoms with van der Waals surface area (Å²) < 4.78 is 30.3. The molecule has 2 heterocycles. The van der Waals surface area contributed by atoms with Gasteiger partial charge in [0, 0.05) is 31.0 Å². The predicted octanol–water partition coefficient (Wildman–Crippen LogP) is 2.60. The Morgan fingerprint density at radius 3 is 2.31 bits per heavy atom. The van der Waals surface area contributed by atoms with Crippen molar-refractivity contribution in [2.75, 3.05) is 13.1 Å². The standard InChI is InChI=1S/C23H31N3O5S/c1-15-9-11-25(12-10-15)22(27)18(4)31-23(28)21-13-16(2)26(17(21)3)14-19-5-7-20(8-6-19)32(24,29)30/h5-8,13,15,18H,9-12,14H2,1-4H3,(H2,24,29,30). The zero-order valence-electron chi connectivity index (χ0n) is 19.0. The summed E-state index contributed by atoms with van der Waals surface area (Å²) in [5.74, 6) is -0.0765. The number of nitrogens with two attached hydrogens (primary N) is 1. The highest BCUT2D eigenvalue weighted by molar-refractivity contribution is 7.89. The summed E-state index contributed by atoms with van der Waals surface area (Å²) in [6.07, 6.45) is 1.09. The van der Waals surface area contributed by atoms with Crippen LogP contribution < -0.4 is 5.14 Å². The minimum absolute atomic E-state index is 0.0493. The minimum Gasteiger partial charge on any atom is -0.449 e. The van der Waals surface area contributed by atoms with Crippen LogP contribution in [0.1, 0.15) is 54.0 Å². The number of primary sulfonamides is 1. The molecule has 1 aliphatic rings. The first-order chi connectivity index (χ1) is 15.0. The number of ether oxygens (including phenoxy) is 1. The first-order valence-corrected chi connectivity index (χ1v) is 12.3. The number of benzene rings is 1. The van der Waals surface area contributed by atoms with E-state index in [1.165, 1.54) is 12.1 Å². The summed E-state index contributed by atoms with van der Waals surface area (Å²) in [6.45, 7) is 9.34. The third-order valence-corrected chi connectivity index (χ3v) is 7.04. The molecule has 1 unspecified atom stereocenters. The molecule has 9 heteroatoms. The second kappa shape index (κ2) is 9.46. The Morgan fingerprint density at radius 1 is 1.16 bits per heavy atom. The molecule has 1 amide bonds. The summed E-state index contributed by atoms with van der Waals surface area (Å²) >= 11 is 0. The van der Waals surface area contributed by atoms with Crippen LogP contribution in [0.4, 0.5) is 0 Å². The van der Waals surface area contributed by atoms with Gasteiger partial charge in [0.15, 0.2) is 6.10 Å². The summed E-state index contributed by atoms with van der Waals surface area (Å²) in [5, 5.41) is 5.15. The van der Waals surface area contributed by atoms with Crippen LogP contribution in [0.2, 0.25) is 0 Å². The van der Waals surface area contributed by atoms with Gasteiger partial charge in [-0.2, -0.15) is 0 Å². The van der Waals surface area contributed by atoms with Crippen LogP contribution in [-0.4, -0.2) is 49.0 Å². The molecule has 1 aliphatic heterocycles. The number of piperidine rings is 1. The quantitative estimate of drug-likeness (QED) is 0.665. The first-order valence-electron chi connectivity index (χ1n) is 10.8. The van der Waals surface area contributed by atoms with Crippen molar-refractivity contribution in [1.29, 1.82) is 0 Å². The number of aryl methyl sites for hydroxylation is 1. The Bertz CT molecular complexity index is 1100. The van der Waals surface area contributed by atoms with Crippen molar-refractivity contribution in [3.8, 4) is 0 Å². The van der Waals surface area contributed by atoms with Crippen LogP contribution in [0.3, 0.4) is 0 Å². The van der Waals surface area contributed by atoms with E-state index in [2.05, 4.69) is 6.92 Å². The van der Waals surface area contributed by atoms with Gasteiger partial charge in [0.2, 0.25) is 10.0 Å². The van der Waals surface area contributed by atoms with Crippen molar-refractivity contribution in [2.45, 2.75) is 58.1 Å². The maximum Gasteiger partial charge on any atom is 0.340 e. The van der Waals surface area contributed by atoms with Crippen LogP contribution in [0.25, 0.3) is 0 Å². The zero-order chi connectivity index (χ0) is 23.6. The second-order valence-corrected chi connectivity index (χ2v) is 10.2. The maximum atomic E-state index is 12.8. The molecule has 174 valence electrons. The van der Waals surface area contributed by atoms with Crippen molar-refractivity contribution in [2.24, 2.45) is 11.1 Å². The minimum atomic E-state index is -3.74. The van der Waals surface area contributed by atoms with Gasteiger partial charge in [-0.05, 0) is 63.3 Å². The average Bonchev–Trinajstić information content (AvgIpc) is 3.02. The maximum absolute atomic E-state index is 12.8. The third kappa shape index (κ3) is 5.39. The number of carbonyl (C=O) groups excluding carboxylic acids is 2. The molecule has 8 nitrogen and oxygen atoms in total. The Balaban J connectivity index is 1.69. The van der Waals surface area contributed by atoms with E-state index in [1.807, 2.05) is 18.4 Å². The van der Waals surface area contributed by atoms with E-state index in [1.54, 1.807) is 30.0 Å². The van der Waals surface area contributed by atoms with Gasteiger partial charge < -0.3 is 14.2 Å². The Hall–Kier alpha value is -2.65. The largest absolute Gasteiger partial charge is 0.449 e. The fraction of sp³-hybridized carbons (Fsp3) is 0.478. The molecule has 2 N–H and O–H groups in total. The van der Waals surface area contributed by atoms with Crippen LogP contribution in [0, 0.1) is 19.8 Å². The summed E-state index contributed by atoms with van der Waals surface area (Å²) in [7, 11) is -3.74. The van der Waals surface area contributed by atoms with E-state index in [-0.39, 0.29) is 10.8 Å². The van der Waals surface area contributed by atoms with Gasteiger partial charge in [-0.15, -0.1) is 0 Å². The van der Waals surface area contributed by atoms with E-state index in [9.17, 15) is 18.0 Å². The number of nitrogens with zero attached hydrogens (tertiary/aromatic N) is 2. The van der Waals surface area contributed by atoms with Crippen molar-refractivity contribution >= 4 is 21.9 Å². The van der Waals surface area contributed by atoms with E-state index < -0.39 is 22.1 Å². The molecule has 1 aromatic heterocycles.